The zero-order valence-corrected chi connectivity index (χ0v) is 27.6. The molecule has 13 heteroatoms. The minimum atomic E-state index is -0.794. The quantitative estimate of drug-likeness (QED) is 0.204. The van der Waals surface area contributed by atoms with Gasteiger partial charge in [-0.1, -0.05) is 59.6 Å². The number of benzene rings is 2. The van der Waals surface area contributed by atoms with Gasteiger partial charge in [-0.25, -0.2) is 9.97 Å². The molecule has 0 radical (unpaired) electrons. The van der Waals surface area contributed by atoms with Crippen molar-refractivity contribution in [2.75, 3.05) is 27.3 Å². The Kier molecular flexibility index (Phi) is 10.2. The molecule has 0 unspecified atom stereocenters. The lowest BCUT2D eigenvalue weighted by Gasteiger charge is -2.17. The summed E-state index contributed by atoms with van der Waals surface area (Å²) in [6, 6.07) is 11.5. The van der Waals surface area contributed by atoms with Gasteiger partial charge >= 0.3 is 0 Å². The van der Waals surface area contributed by atoms with Crippen LogP contribution in [0.3, 0.4) is 0 Å². The van der Waals surface area contributed by atoms with Crippen LogP contribution in [-0.4, -0.2) is 86.5 Å². The Bertz CT molecular complexity index is 1770. The fourth-order valence-electron chi connectivity index (χ4n) is 6.13. The van der Waals surface area contributed by atoms with E-state index in [0.717, 1.165) is 25.0 Å². The highest BCUT2D eigenvalue weighted by Gasteiger charge is 2.30. The summed E-state index contributed by atoms with van der Waals surface area (Å²) in [5.41, 5.74) is 5.17. The molecular formula is C34H36Cl2N6O5. The van der Waals surface area contributed by atoms with Gasteiger partial charge in [0, 0.05) is 54.4 Å². The summed E-state index contributed by atoms with van der Waals surface area (Å²) in [6.07, 6.45) is 5.62. The number of carbonyl (C=O) groups is 1. The van der Waals surface area contributed by atoms with Crippen LogP contribution in [0.2, 0.25) is 10.0 Å². The van der Waals surface area contributed by atoms with Crippen LogP contribution >= 0.6 is 23.2 Å². The molecule has 0 bridgehead atoms. The molecule has 6 rings (SSSR count). The number of aryl methyl sites for hydroxylation is 1. The number of aromatic nitrogens is 4. The van der Waals surface area contributed by atoms with E-state index in [1.807, 2.05) is 41.3 Å². The predicted octanol–water partition coefficient (Wildman–Crippen LogP) is 4.73. The minimum absolute atomic E-state index is 0.116. The van der Waals surface area contributed by atoms with Gasteiger partial charge in [0.2, 0.25) is 17.7 Å². The highest BCUT2D eigenvalue weighted by molar-refractivity contribution is 6.39. The number of nitrogens with zero attached hydrogens (tertiary/aromatic N) is 5. The molecule has 0 spiro atoms. The summed E-state index contributed by atoms with van der Waals surface area (Å²) < 4.78 is 11.2. The van der Waals surface area contributed by atoms with Crippen LogP contribution in [0.4, 0.5) is 0 Å². The molecule has 4 aromatic rings. The van der Waals surface area contributed by atoms with Crippen LogP contribution in [0, 0.1) is 0 Å². The molecule has 2 saturated heterocycles. The van der Waals surface area contributed by atoms with Crippen molar-refractivity contribution in [3.8, 4) is 45.4 Å². The van der Waals surface area contributed by atoms with E-state index in [1.54, 1.807) is 19.5 Å². The zero-order chi connectivity index (χ0) is 33.1. The Morgan fingerprint density at radius 1 is 0.851 bits per heavy atom. The molecule has 0 aliphatic carbocycles. The number of rotatable bonds is 11. The third-order valence-electron chi connectivity index (χ3n) is 8.61. The average molecular weight is 680 g/mol. The number of carbonyl (C=O) groups excluding carboxylic acids is 1. The summed E-state index contributed by atoms with van der Waals surface area (Å²) >= 11 is 14.1. The van der Waals surface area contributed by atoms with E-state index in [0.29, 0.717) is 93.6 Å². The largest absolute Gasteiger partial charge is 0.480 e. The number of nitrogens with one attached hydrogen (secondary N) is 1. The number of halogens is 2. The number of hydrogen-bond acceptors (Lipinski definition) is 10. The molecule has 2 aromatic carbocycles. The summed E-state index contributed by atoms with van der Waals surface area (Å²) in [7, 11) is 3.10. The molecule has 246 valence electrons. The first-order chi connectivity index (χ1) is 22.7. The maximum Gasteiger partial charge on any atom is 0.237 e. The number of ether oxygens (including phenoxy) is 2. The fourth-order valence-corrected chi connectivity index (χ4v) is 6.78. The van der Waals surface area contributed by atoms with Crippen LogP contribution in [-0.2, 0) is 17.8 Å². The Balaban J connectivity index is 1.24. The van der Waals surface area contributed by atoms with E-state index < -0.39 is 12.2 Å². The molecule has 11 nitrogen and oxygen atoms in total. The van der Waals surface area contributed by atoms with Crippen LogP contribution in [0.5, 0.6) is 11.8 Å². The topological polar surface area (TPSA) is 143 Å². The summed E-state index contributed by atoms with van der Waals surface area (Å²) in [4.78, 5) is 32.1. The first kappa shape index (κ1) is 33.0. The molecule has 2 aliphatic heterocycles. The van der Waals surface area contributed by atoms with Crippen LogP contribution in [0.15, 0.2) is 48.8 Å². The highest BCUT2D eigenvalue weighted by Crippen LogP contribution is 2.42. The van der Waals surface area contributed by atoms with Gasteiger partial charge in [-0.3, -0.25) is 19.7 Å². The van der Waals surface area contributed by atoms with Crippen molar-refractivity contribution in [2.45, 2.75) is 56.9 Å². The Hall–Kier alpha value is -3.87. The molecule has 2 aliphatic rings. The van der Waals surface area contributed by atoms with E-state index in [-0.39, 0.29) is 11.9 Å². The predicted molar refractivity (Wildman–Crippen MR) is 178 cm³/mol. The minimum Gasteiger partial charge on any atom is -0.480 e. The lowest BCUT2D eigenvalue weighted by molar-refractivity contribution is -0.119. The first-order valence-electron chi connectivity index (χ1n) is 15.5. The Labute approximate surface area is 282 Å². The van der Waals surface area contributed by atoms with Gasteiger partial charge in [0.15, 0.2) is 0 Å². The van der Waals surface area contributed by atoms with Crippen molar-refractivity contribution in [3.05, 3.63) is 70.2 Å². The van der Waals surface area contributed by atoms with E-state index in [2.05, 4.69) is 15.3 Å². The summed E-state index contributed by atoms with van der Waals surface area (Å²) in [6.45, 7) is 1.05. The lowest BCUT2D eigenvalue weighted by atomic mass is 9.98. The van der Waals surface area contributed by atoms with Crippen LogP contribution in [0.1, 0.15) is 37.1 Å². The first-order valence-corrected chi connectivity index (χ1v) is 16.3. The fraction of sp³-hybridized carbons (Fsp3) is 0.382. The van der Waals surface area contributed by atoms with Gasteiger partial charge in [-0.05, 0) is 25.7 Å². The summed E-state index contributed by atoms with van der Waals surface area (Å²) in [5, 5.41) is 23.7. The molecule has 47 heavy (non-hydrogen) atoms. The van der Waals surface area contributed by atoms with E-state index in [4.69, 9.17) is 42.6 Å². The van der Waals surface area contributed by atoms with E-state index >= 15 is 0 Å². The standard InChI is InChI=1S/C34H36Cl2N6O5/c1-46-33-24(11-3-6-19-12-13-30(45)39-19)37-14-25(40-33)22-9-4-7-20(31(22)35)21-8-5-10-23(32(21)36)26-15-38-27(34(41-26)47-2)16-42-17-28(43)29(44)18-42/h4-5,7-10,14-15,19,28-29,43-44H,3,6,11-13,16-18H2,1-2H3,(H,39,45)/t19-,28-,29+/m1/s1. The van der Waals surface area contributed by atoms with Crippen LogP contribution < -0.4 is 14.8 Å². The second-order valence-electron chi connectivity index (χ2n) is 11.8. The van der Waals surface area contributed by atoms with Gasteiger partial charge in [-0.2, -0.15) is 0 Å². The third kappa shape index (κ3) is 7.19. The maximum atomic E-state index is 11.5. The lowest BCUT2D eigenvalue weighted by Crippen LogP contribution is -2.25. The van der Waals surface area contributed by atoms with Crippen molar-refractivity contribution in [2.24, 2.45) is 0 Å². The monoisotopic (exact) mass is 678 g/mol. The zero-order valence-electron chi connectivity index (χ0n) is 26.1. The summed E-state index contributed by atoms with van der Waals surface area (Å²) in [5.74, 6) is 0.888. The van der Waals surface area contributed by atoms with Crippen molar-refractivity contribution in [3.63, 3.8) is 0 Å². The molecule has 4 heterocycles. The number of amides is 1. The van der Waals surface area contributed by atoms with E-state index in [1.165, 1.54) is 7.11 Å². The van der Waals surface area contributed by atoms with Gasteiger partial charge in [0.1, 0.15) is 11.4 Å². The number of aliphatic hydroxyl groups is 2. The highest BCUT2D eigenvalue weighted by atomic mass is 35.5. The molecular weight excluding hydrogens is 643 g/mol. The van der Waals surface area contributed by atoms with Crippen molar-refractivity contribution >= 4 is 29.1 Å². The maximum absolute atomic E-state index is 11.5. The number of aliphatic hydroxyl groups excluding tert-OH is 2. The molecule has 1 amide bonds. The molecule has 3 N–H and O–H groups in total. The van der Waals surface area contributed by atoms with Gasteiger partial charge in [0.05, 0.1) is 60.3 Å². The van der Waals surface area contributed by atoms with E-state index in [9.17, 15) is 15.0 Å². The normalized spacial score (nSPS) is 19.6. The smallest absolute Gasteiger partial charge is 0.237 e. The number of methoxy groups -OCH3 is 2. The Morgan fingerprint density at radius 3 is 1.91 bits per heavy atom. The molecule has 2 aromatic heterocycles. The number of β-amino-alcohol motifs (C(OH)–C–C–N with tert-alkyl or cyclic N) is 2. The number of hydrogen-bond donors (Lipinski definition) is 3. The molecule has 0 saturated carbocycles. The molecule has 3 atom stereocenters. The van der Waals surface area contributed by atoms with Crippen molar-refractivity contribution in [1.82, 2.24) is 30.2 Å². The average Bonchev–Trinajstić information content (AvgIpc) is 3.64. The second kappa shape index (κ2) is 14.5. The second-order valence-corrected chi connectivity index (χ2v) is 12.5. The Morgan fingerprint density at radius 2 is 1.38 bits per heavy atom. The van der Waals surface area contributed by atoms with Crippen LogP contribution in [0.25, 0.3) is 33.6 Å². The number of likely N-dealkylation sites (tertiary alicyclic amines) is 1. The van der Waals surface area contributed by atoms with Crippen molar-refractivity contribution < 1.29 is 24.5 Å². The van der Waals surface area contributed by atoms with Gasteiger partial charge in [-0.15, -0.1) is 0 Å². The third-order valence-corrected chi connectivity index (χ3v) is 9.42. The SMILES string of the molecule is COc1nc(-c2cccc(-c3cccc(-c4cnc(CN5C[C@@H](O)[C@@H](O)C5)c(OC)n4)c3Cl)c2Cl)cnc1CCC[C@@H]1CCC(=O)N1. The van der Waals surface area contributed by atoms with Gasteiger partial charge in [0.25, 0.3) is 0 Å². The van der Waals surface area contributed by atoms with Crippen molar-refractivity contribution in [1.29, 1.82) is 0 Å². The molecule has 2 fully saturated rings. The van der Waals surface area contributed by atoms with Gasteiger partial charge < -0.3 is 25.0 Å².